The van der Waals surface area contributed by atoms with E-state index < -0.39 is 0 Å². The Hall–Kier alpha value is -1.30. The van der Waals surface area contributed by atoms with Crippen LogP contribution in [0, 0.1) is 0 Å². The summed E-state index contributed by atoms with van der Waals surface area (Å²) in [5.74, 6) is 0.907. The van der Waals surface area contributed by atoms with Gasteiger partial charge in [0.1, 0.15) is 5.75 Å². The van der Waals surface area contributed by atoms with E-state index >= 15 is 0 Å². The van der Waals surface area contributed by atoms with Gasteiger partial charge in [0.2, 0.25) is 0 Å². The van der Waals surface area contributed by atoms with Crippen molar-refractivity contribution in [3.05, 3.63) is 24.3 Å². The van der Waals surface area contributed by atoms with Gasteiger partial charge < -0.3 is 20.1 Å². The van der Waals surface area contributed by atoms with Gasteiger partial charge in [-0.15, -0.1) is 0 Å². The average molecular weight is 279 g/mol. The van der Waals surface area contributed by atoms with Crippen LogP contribution in [0.5, 0.6) is 5.75 Å². The second-order valence-electron chi connectivity index (χ2n) is 4.93. The molecular weight excluding hydrogens is 254 g/mol. The maximum Gasteiger partial charge on any atom is 0.119 e. The Bertz CT molecular complexity index is 375. The molecule has 2 rings (SSSR count). The molecule has 1 fully saturated rings. The van der Waals surface area contributed by atoms with Crippen molar-refractivity contribution in [2.45, 2.75) is 0 Å². The quantitative estimate of drug-likeness (QED) is 0.748. The first kappa shape index (κ1) is 15.1. The first-order valence-corrected chi connectivity index (χ1v) is 7.22. The summed E-state index contributed by atoms with van der Waals surface area (Å²) in [4.78, 5) is 4.85. The predicted molar refractivity (Wildman–Crippen MR) is 81.5 cm³/mol. The summed E-state index contributed by atoms with van der Waals surface area (Å²) in [6.45, 7) is 7.32. The summed E-state index contributed by atoms with van der Waals surface area (Å²) in [5.41, 5.74) is 6.67. The van der Waals surface area contributed by atoms with Crippen LogP contribution in [0.4, 0.5) is 5.69 Å². The van der Waals surface area contributed by atoms with Crippen molar-refractivity contribution in [3.63, 3.8) is 0 Å². The number of hydrogen-bond acceptors (Lipinski definition) is 5. The van der Waals surface area contributed by atoms with Crippen LogP contribution in [0.1, 0.15) is 0 Å². The molecule has 5 nitrogen and oxygen atoms in total. The summed E-state index contributed by atoms with van der Waals surface area (Å²) in [6.07, 6.45) is 0. The summed E-state index contributed by atoms with van der Waals surface area (Å²) in [6, 6.07) is 8.28. The van der Waals surface area contributed by atoms with Crippen LogP contribution in [-0.4, -0.2) is 64.5 Å². The van der Waals surface area contributed by atoms with Crippen LogP contribution in [0.2, 0.25) is 0 Å². The molecule has 1 heterocycles. The molecule has 0 atom stereocenters. The van der Waals surface area contributed by atoms with E-state index in [2.05, 4.69) is 21.9 Å². The number of nitrogens with zero attached hydrogens (tertiary/aromatic N) is 2. The van der Waals surface area contributed by atoms with Gasteiger partial charge in [-0.1, -0.05) is 0 Å². The Morgan fingerprint density at radius 2 is 1.75 bits per heavy atom. The molecule has 1 saturated heterocycles. The lowest BCUT2D eigenvalue weighted by Gasteiger charge is -2.36. The number of piperazine rings is 1. The highest BCUT2D eigenvalue weighted by molar-refractivity contribution is 5.49. The van der Waals surface area contributed by atoms with Gasteiger partial charge in [0.15, 0.2) is 0 Å². The minimum absolute atomic E-state index is 0.602. The van der Waals surface area contributed by atoms with Crippen molar-refractivity contribution < 1.29 is 9.47 Å². The molecule has 0 aromatic heterocycles. The zero-order valence-corrected chi connectivity index (χ0v) is 12.3. The van der Waals surface area contributed by atoms with Gasteiger partial charge in [0, 0.05) is 45.0 Å². The van der Waals surface area contributed by atoms with E-state index in [1.807, 2.05) is 12.1 Å². The maximum atomic E-state index is 5.43. The SMILES string of the molecule is COc1ccc(N2CCN(CCOCCN)CC2)cc1. The van der Waals surface area contributed by atoms with Crippen molar-refractivity contribution in [2.24, 2.45) is 5.73 Å². The maximum absolute atomic E-state index is 5.43. The molecule has 1 aliphatic rings. The number of rotatable bonds is 7. The van der Waals surface area contributed by atoms with Gasteiger partial charge >= 0.3 is 0 Å². The molecule has 0 bridgehead atoms. The summed E-state index contributed by atoms with van der Waals surface area (Å²) in [7, 11) is 1.69. The fourth-order valence-corrected chi connectivity index (χ4v) is 2.40. The zero-order chi connectivity index (χ0) is 14.2. The number of hydrogen-bond donors (Lipinski definition) is 1. The summed E-state index contributed by atoms with van der Waals surface area (Å²) >= 11 is 0. The molecule has 0 radical (unpaired) electrons. The van der Waals surface area contributed by atoms with E-state index in [-0.39, 0.29) is 0 Å². The lowest BCUT2D eigenvalue weighted by Crippen LogP contribution is -2.47. The lowest BCUT2D eigenvalue weighted by atomic mass is 10.2. The van der Waals surface area contributed by atoms with Crippen molar-refractivity contribution in [3.8, 4) is 5.75 Å². The molecular formula is C15H25N3O2. The second kappa shape index (κ2) is 8.09. The Morgan fingerprint density at radius 1 is 1.05 bits per heavy atom. The first-order valence-electron chi connectivity index (χ1n) is 7.22. The topological polar surface area (TPSA) is 51.0 Å². The van der Waals surface area contributed by atoms with Gasteiger partial charge in [0.05, 0.1) is 20.3 Å². The molecule has 1 aromatic carbocycles. The van der Waals surface area contributed by atoms with Gasteiger partial charge in [0.25, 0.3) is 0 Å². The monoisotopic (exact) mass is 279 g/mol. The number of methoxy groups -OCH3 is 1. The predicted octanol–water partition coefficient (Wildman–Crippen LogP) is 0.793. The molecule has 0 saturated carbocycles. The third kappa shape index (κ3) is 4.37. The van der Waals surface area contributed by atoms with Crippen LogP contribution in [0.15, 0.2) is 24.3 Å². The number of anilines is 1. The van der Waals surface area contributed by atoms with Gasteiger partial charge in [-0.05, 0) is 24.3 Å². The number of nitrogens with two attached hydrogens (primary N) is 1. The van der Waals surface area contributed by atoms with Gasteiger partial charge in [-0.25, -0.2) is 0 Å². The van der Waals surface area contributed by atoms with Gasteiger partial charge in [-0.3, -0.25) is 4.90 Å². The number of ether oxygens (including phenoxy) is 2. The van der Waals surface area contributed by atoms with Crippen molar-refractivity contribution in [1.29, 1.82) is 0 Å². The molecule has 20 heavy (non-hydrogen) atoms. The normalized spacial score (nSPS) is 16.4. The van der Waals surface area contributed by atoms with E-state index in [4.69, 9.17) is 15.2 Å². The number of benzene rings is 1. The van der Waals surface area contributed by atoms with E-state index in [9.17, 15) is 0 Å². The highest BCUT2D eigenvalue weighted by atomic mass is 16.5. The third-order valence-electron chi connectivity index (χ3n) is 3.62. The van der Waals surface area contributed by atoms with Crippen LogP contribution in [0.3, 0.4) is 0 Å². The summed E-state index contributed by atoms with van der Waals surface area (Å²) < 4.78 is 10.6. The zero-order valence-electron chi connectivity index (χ0n) is 12.3. The Labute approximate surface area is 121 Å². The fourth-order valence-electron chi connectivity index (χ4n) is 2.40. The highest BCUT2D eigenvalue weighted by Gasteiger charge is 2.16. The molecule has 112 valence electrons. The fraction of sp³-hybridized carbons (Fsp3) is 0.600. The van der Waals surface area contributed by atoms with E-state index in [1.165, 1.54) is 5.69 Å². The lowest BCUT2D eigenvalue weighted by molar-refractivity contribution is 0.107. The van der Waals surface area contributed by atoms with E-state index in [0.29, 0.717) is 13.2 Å². The first-order chi connectivity index (χ1) is 9.83. The minimum Gasteiger partial charge on any atom is -0.497 e. The molecule has 1 aromatic rings. The molecule has 0 unspecified atom stereocenters. The Morgan fingerprint density at radius 3 is 2.35 bits per heavy atom. The van der Waals surface area contributed by atoms with Gasteiger partial charge in [-0.2, -0.15) is 0 Å². The molecule has 5 heteroatoms. The van der Waals surface area contributed by atoms with E-state index in [0.717, 1.165) is 45.1 Å². The van der Waals surface area contributed by atoms with Crippen LogP contribution in [-0.2, 0) is 4.74 Å². The molecule has 0 spiro atoms. The smallest absolute Gasteiger partial charge is 0.119 e. The largest absolute Gasteiger partial charge is 0.497 e. The van der Waals surface area contributed by atoms with Crippen molar-refractivity contribution in [2.75, 3.05) is 64.5 Å². The van der Waals surface area contributed by atoms with Crippen LogP contribution in [0.25, 0.3) is 0 Å². The third-order valence-corrected chi connectivity index (χ3v) is 3.62. The molecule has 1 aliphatic heterocycles. The molecule has 2 N–H and O–H groups in total. The van der Waals surface area contributed by atoms with Crippen molar-refractivity contribution >= 4 is 5.69 Å². The Balaban J connectivity index is 1.73. The van der Waals surface area contributed by atoms with Crippen molar-refractivity contribution in [1.82, 2.24) is 4.90 Å². The second-order valence-corrected chi connectivity index (χ2v) is 4.93. The highest BCUT2D eigenvalue weighted by Crippen LogP contribution is 2.20. The summed E-state index contributed by atoms with van der Waals surface area (Å²) in [5, 5.41) is 0. The Kier molecular flexibility index (Phi) is 6.11. The van der Waals surface area contributed by atoms with Crippen LogP contribution >= 0.6 is 0 Å². The van der Waals surface area contributed by atoms with Crippen LogP contribution < -0.4 is 15.4 Å². The standard InChI is InChI=1S/C15H25N3O2/c1-19-15-4-2-14(3-5-15)18-9-7-17(8-10-18)11-13-20-12-6-16/h2-5H,6-13,16H2,1H3. The molecule has 0 aliphatic carbocycles. The average Bonchev–Trinajstić information content (AvgIpc) is 2.52. The minimum atomic E-state index is 0.602. The molecule has 0 amide bonds. The van der Waals surface area contributed by atoms with E-state index in [1.54, 1.807) is 7.11 Å².